The summed E-state index contributed by atoms with van der Waals surface area (Å²) in [6, 6.07) is 8.50. The number of thioether (sulfide) groups is 1. The highest BCUT2D eigenvalue weighted by Gasteiger charge is 2.09. The maximum absolute atomic E-state index is 5.85. The highest BCUT2D eigenvalue weighted by Crippen LogP contribution is 2.28. The lowest BCUT2D eigenvalue weighted by molar-refractivity contribution is 0.405. The summed E-state index contributed by atoms with van der Waals surface area (Å²) in [7, 11) is 1.67. The second kappa shape index (κ2) is 6.87. The van der Waals surface area contributed by atoms with Crippen LogP contribution >= 0.6 is 11.8 Å². The molecule has 0 aliphatic carbocycles. The molecule has 1 atom stereocenters. The van der Waals surface area contributed by atoms with Crippen LogP contribution in [0.2, 0.25) is 0 Å². The lowest BCUT2D eigenvalue weighted by atomic mass is 10.2. The normalized spacial score (nSPS) is 12.8. The molecule has 1 heterocycles. The van der Waals surface area contributed by atoms with Gasteiger partial charge in [0, 0.05) is 17.2 Å². The van der Waals surface area contributed by atoms with Crippen LogP contribution in [0.1, 0.15) is 19.6 Å². The van der Waals surface area contributed by atoms with E-state index in [1.54, 1.807) is 7.11 Å². The van der Waals surface area contributed by atoms with E-state index in [-0.39, 0.29) is 0 Å². The third-order valence-electron chi connectivity index (χ3n) is 2.98. The van der Waals surface area contributed by atoms with Gasteiger partial charge in [-0.1, -0.05) is 19.1 Å². The Kier molecular flexibility index (Phi) is 5.16. The molecule has 19 heavy (non-hydrogen) atoms. The Labute approximate surface area is 118 Å². The quantitative estimate of drug-likeness (QED) is 0.838. The molecule has 0 radical (unpaired) electrons. The zero-order chi connectivity index (χ0) is 13.7. The van der Waals surface area contributed by atoms with E-state index >= 15 is 0 Å². The number of fused-ring (bicyclic) bond motifs is 1. The van der Waals surface area contributed by atoms with Crippen molar-refractivity contribution in [1.82, 2.24) is 5.32 Å². The van der Waals surface area contributed by atoms with Gasteiger partial charge in [0.25, 0.3) is 0 Å². The first-order valence-corrected chi connectivity index (χ1v) is 7.76. The molecular formula is C15H21NO2S. The smallest absolute Gasteiger partial charge is 0.176 e. The van der Waals surface area contributed by atoms with Gasteiger partial charge in [-0.2, -0.15) is 11.8 Å². The first-order valence-electron chi connectivity index (χ1n) is 6.61. The fourth-order valence-electron chi connectivity index (χ4n) is 1.97. The molecule has 0 bridgehead atoms. The van der Waals surface area contributed by atoms with Crippen molar-refractivity contribution in [1.29, 1.82) is 0 Å². The predicted octanol–water partition coefficient (Wildman–Crippen LogP) is 3.67. The lowest BCUT2D eigenvalue weighted by Crippen LogP contribution is -2.27. The van der Waals surface area contributed by atoms with Crippen LogP contribution in [0.5, 0.6) is 5.75 Å². The van der Waals surface area contributed by atoms with E-state index in [1.165, 1.54) is 0 Å². The third kappa shape index (κ3) is 3.67. The molecule has 0 saturated heterocycles. The summed E-state index contributed by atoms with van der Waals surface area (Å²) in [5.41, 5.74) is 0.831. The van der Waals surface area contributed by atoms with Gasteiger partial charge in [0.2, 0.25) is 0 Å². The Morgan fingerprint density at radius 3 is 3.00 bits per heavy atom. The van der Waals surface area contributed by atoms with E-state index in [4.69, 9.17) is 9.15 Å². The molecule has 1 aromatic carbocycles. The lowest BCUT2D eigenvalue weighted by Gasteiger charge is -2.11. The van der Waals surface area contributed by atoms with E-state index in [2.05, 4.69) is 25.2 Å². The summed E-state index contributed by atoms with van der Waals surface area (Å²) in [6.45, 7) is 5.14. The summed E-state index contributed by atoms with van der Waals surface area (Å²) in [5, 5.41) is 4.57. The Morgan fingerprint density at radius 2 is 2.26 bits per heavy atom. The van der Waals surface area contributed by atoms with Crippen LogP contribution in [0.3, 0.4) is 0 Å². The SMILES string of the molecule is CCSCC(C)NCc1cc2cccc(OC)c2o1. The molecule has 104 valence electrons. The van der Waals surface area contributed by atoms with Crippen molar-refractivity contribution < 1.29 is 9.15 Å². The number of hydrogen-bond acceptors (Lipinski definition) is 4. The van der Waals surface area contributed by atoms with Crippen LogP contribution in [0.4, 0.5) is 0 Å². The van der Waals surface area contributed by atoms with Crippen LogP contribution in [0.25, 0.3) is 11.0 Å². The molecule has 0 aliphatic heterocycles. The topological polar surface area (TPSA) is 34.4 Å². The van der Waals surface area contributed by atoms with Crippen molar-refractivity contribution in [3.63, 3.8) is 0 Å². The van der Waals surface area contributed by atoms with Gasteiger partial charge < -0.3 is 14.5 Å². The number of para-hydroxylation sites is 1. The predicted molar refractivity (Wildman–Crippen MR) is 82.1 cm³/mol. The van der Waals surface area contributed by atoms with Crippen LogP contribution in [-0.4, -0.2) is 24.7 Å². The molecule has 1 N–H and O–H groups in total. The molecule has 0 spiro atoms. The number of rotatable bonds is 7. The monoisotopic (exact) mass is 279 g/mol. The van der Waals surface area contributed by atoms with E-state index in [0.717, 1.165) is 40.5 Å². The second-order valence-electron chi connectivity index (χ2n) is 4.53. The van der Waals surface area contributed by atoms with Gasteiger partial charge >= 0.3 is 0 Å². The van der Waals surface area contributed by atoms with Crippen LogP contribution in [-0.2, 0) is 6.54 Å². The highest BCUT2D eigenvalue weighted by atomic mass is 32.2. The minimum atomic E-state index is 0.486. The summed E-state index contributed by atoms with van der Waals surface area (Å²) >= 11 is 1.95. The number of furan rings is 1. The fourth-order valence-corrected chi connectivity index (χ4v) is 2.67. The minimum Gasteiger partial charge on any atom is -0.493 e. The van der Waals surface area contributed by atoms with E-state index in [1.807, 2.05) is 30.0 Å². The van der Waals surface area contributed by atoms with Crippen LogP contribution < -0.4 is 10.1 Å². The number of methoxy groups -OCH3 is 1. The van der Waals surface area contributed by atoms with Crippen molar-refractivity contribution >= 4 is 22.7 Å². The molecule has 2 rings (SSSR count). The minimum absolute atomic E-state index is 0.486. The second-order valence-corrected chi connectivity index (χ2v) is 5.85. The first kappa shape index (κ1) is 14.3. The van der Waals surface area contributed by atoms with Crippen LogP contribution in [0.15, 0.2) is 28.7 Å². The van der Waals surface area contributed by atoms with E-state index < -0.39 is 0 Å². The average molecular weight is 279 g/mol. The molecule has 0 aliphatic rings. The van der Waals surface area contributed by atoms with Gasteiger partial charge in [-0.25, -0.2) is 0 Å². The van der Waals surface area contributed by atoms with Crippen molar-refractivity contribution in [2.45, 2.75) is 26.4 Å². The summed E-state index contributed by atoms with van der Waals surface area (Å²) in [4.78, 5) is 0. The maximum atomic E-state index is 5.85. The molecule has 2 aromatic rings. The Morgan fingerprint density at radius 1 is 1.42 bits per heavy atom. The largest absolute Gasteiger partial charge is 0.493 e. The molecule has 0 fully saturated rings. The number of nitrogens with one attached hydrogen (secondary N) is 1. The standard InChI is InChI=1S/C15H21NO2S/c1-4-19-10-11(2)16-9-13-8-12-6-5-7-14(17-3)15(12)18-13/h5-8,11,16H,4,9-10H2,1-3H3. The summed E-state index contributed by atoms with van der Waals surface area (Å²) < 4.78 is 11.2. The molecule has 3 nitrogen and oxygen atoms in total. The van der Waals surface area contributed by atoms with Crippen molar-refractivity contribution in [3.8, 4) is 5.75 Å². The van der Waals surface area contributed by atoms with E-state index in [9.17, 15) is 0 Å². The van der Waals surface area contributed by atoms with Crippen molar-refractivity contribution in [2.75, 3.05) is 18.6 Å². The maximum Gasteiger partial charge on any atom is 0.176 e. The molecule has 1 unspecified atom stereocenters. The van der Waals surface area contributed by atoms with Crippen molar-refractivity contribution in [2.24, 2.45) is 0 Å². The van der Waals surface area contributed by atoms with Gasteiger partial charge in [0.15, 0.2) is 11.3 Å². The van der Waals surface area contributed by atoms with Gasteiger partial charge in [-0.15, -0.1) is 0 Å². The molecular weight excluding hydrogens is 258 g/mol. The van der Waals surface area contributed by atoms with Gasteiger partial charge in [0.05, 0.1) is 13.7 Å². The molecule has 0 saturated carbocycles. The van der Waals surface area contributed by atoms with Gasteiger partial charge in [-0.3, -0.25) is 0 Å². The molecule has 1 aromatic heterocycles. The first-order chi connectivity index (χ1) is 9.24. The Bertz CT molecular complexity index is 524. The third-order valence-corrected chi connectivity index (χ3v) is 4.12. The van der Waals surface area contributed by atoms with Gasteiger partial charge in [0.1, 0.15) is 5.76 Å². The number of benzene rings is 1. The molecule has 0 amide bonds. The number of ether oxygens (including phenoxy) is 1. The Balaban J connectivity index is 2.01. The zero-order valence-corrected chi connectivity index (χ0v) is 12.5. The van der Waals surface area contributed by atoms with E-state index in [0.29, 0.717) is 6.04 Å². The molecule has 4 heteroatoms. The number of hydrogen-bond donors (Lipinski definition) is 1. The summed E-state index contributed by atoms with van der Waals surface area (Å²) in [5.74, 6) is 4.03. The Hall–Kier alpha value is -1.13. The fraction of sp³-hybridized carbons (Fsp3) is 0.467. The van der Waals surface area contributed by atoms with Gasteiger partial charge in [-0.05, 0) is 24.8 Å². The zero-order valence-electron chi connectivity index (χ0n) is 11.7. The highest BCUT2D eigenvalue weighted by molar-refractivity contribution is 7.99. The average Bonchev–Trinajstić information content (AvgIpc) is 2.85. The van der Waals surface area contributed by atoms with Crippen molar-refractivity contribution in [3.05, 3.63) is 30.0 Å². The summed E-state index contributed by atoms with van der Waals surface area (Å²) in [6.07, 6.45) is 0. The van der Waals surface area contributed by atoms with Crippen LogP contribution in [0, 0.1) is 0 Å².